The summed E-state index contributed by atoms with van der Waals surface area (Å²) in [6.07, 6.45) is 5.10. The van der Waals surface area contributed by atoms with E-state index in [1.165, 1.54) is 10.9 Å². The fraction of sp³-hybridized carbons (Fsp3) is 0.273. The fourth-order valence-corrected chi connectivity index (χ4v) is 5.26. The summed E-state index contributed by atoms with van der Waals surface area (Å²) in [5.74, 6) is 0. The van der Waals surface area contributed by atoms with Crippen LogP contribution in [0.4, 0.5) is 0 Å². The third kappa shape index (κ3) is 3.25. The molecular formula is C22H24N4O2S. The van der Waals surface area contributed by atoms with E-state index in [-0.39, 0.29) is 10.9 Å². The van der Waals surface area contributed by atoms with Gasteiger partial charge in [0.2, 0.25) is 10.0 Å². The molecule has 0 spiro atoms. The number of sulfonamides is 1. The highest BCUT2D eigenvalue weighted by Crippen LogP contribution is 2.32. The Morgan fingerprint density at radius 1 is 1.14 bits per heavy atom. The molecule has 3 heterocycles. The SMILES string of the molecule is Cn1cc([C@H](CNS(=O)(=O)c2ccc3cc[nH]c3c2)N2CCC2)c2ccccc21. The van der Waals surface area contributed by atoms with E-state index in [0.717, 1.165) is 35.9 Å². The van der Waals surface area contributed by atoms with Crippen molar-refractivity contribution in [2.45, 2.75) is 17.4 Å². The molecule has 0 aliphatic carbocycles. The van der Waals surface area contributed by atoms with Crippen molar-refractivity contribution in [1.82, 2.24) is 19.2 Å². The molecule has 1 aliphatic heterocycles. The van der Waals surface area contributed by atoms with Gasteiger partial charge in [-0.1, -0.05) is 24.3 Å². The molecule has 2 N–H and O–H groups in total. The van der Waals surface area contributed by atoms with Crippen LogP contribution in [0, 0.1) is 0 Å². The summed E-state index contributed by atoms with van der Waals surface area (Å²) in [4.78, 5) is 5.71. The van der Waals surface area contributed by atoms with Gasteiger partial charge in [0.1, 0.15) is 0 Å². The molecular weight excluding hydrogens is 384 g/mol. The lowest BCUT2D eigenvalue weighted by molar-refractivity contribution is 0.120. The first-order chi connectivity index (χ1) is 14.0. The van der Waals surface area contributed by atoms with Gasteiger partial charge in [-0.2, -0.15) is 0 Å². The van der Waals surface area contributed by atoms with Crippen LogP contribution in [-0.4, -0.2) is 42.5 Å². The molecule has 2 aromatic carbocycles. The predicted octanol–water partition coefficient (Wildman–Crippen LogP) is 3.38. The number of aryl methyl sites for hydroxylation is 1. The molecule has 1 aliphatic rings. The molecule has 6 nitrogen and oxygen atoms in total. The number of nitrogens with zero attached hydrogens (tertiary/aromatic N) is 2. The minimum absolute atomic E-state index is 0.0128. The number of aromatic amines is 1. The zero-order valence-electron chi connectivity index (χ0n) is 16.3. The number of hydrogen-bond donors (Lipinski definition) is 2. The summed E-state index contributed by atoms with van der Waals surface area (Å²) >= 11 is 0. The van der Waals surface area contributed by atoms with Crippen molar-refractivity contribution in [3.63, 3.8) is 0 Å². The molecule has 1 saturated heterocycles. The average Bonchev–Trinajstić information content (AvgIpc) is 3.28. The van der Waals surface area contributed by atoms with Crippen LogP contribution in [-0.2, 0) is 17.1 Å². The van der Waals surface area contributed by atoms with Gasteiger partial charge in [-0.25, -0.2) is 13.1 Å². The zero-order chi connectivity index (χ0) is 20.0. The van der Waals surface area contributed by atoms with Crippen LogP contribution in [0.1, 0.15) is 18.0 Å². The van der Waals surface area contributed by atoms with Gasteiger partial charge >= 0.3 is 0 Å². The Hall–Kier alpha value is -2.61. The van der Waals surface area contributed by atoms with Gasteiger partial charge in [0.15, 0.2) is 0 Å². The van der Waals surface area contributed by atoms with Crippen LogP contribution in [0.2, 0.25) is 0 Å². The minimum atomic E-state index is -3.60. The number of benzene rings is 2. The number of aromatic nitrogens is 2. The molecule has 1 fully saturated rings. The first-order valence-electron chi connectivity index (χ1n) is 9.88. The molecule has 150 valence electrons. The number of para-hydroxylation sites is 1. The van der Waals surface area contributed by atoms with E-state index in [1.54, 1.807) is 12.1 Å². The van der Waals surface area contributed by atoms with Crippen molar-refractivity contribution < 1.29 is 8.42 Å². The van der Waals surface area contributed by atoms with Crippen LogP contribution >= 0.6 is 0 Å². The van der Waals surface area contributed by atoms with Gasteiger partial charge in [0, 0.05) is 55.5 Å². The number of fused-ring (bicyclic) bond motifs is 2. The maximum absolute atomic E-state index is 13.0. The third-order valence-electron chi connectivity index (χ3n) is 5.92. The van der Waals surface area contributed by atoms with Crippen LogP contribution in [0.25, 0.3) is 21.8 Å². The van der Waals surface area contributed by atoms with Crippen LogP contribution in [0.3, 0.4) is 0 Å². The first-order valence-corrected chi connectivity index (χ1v) is 11.4. The second kappa shape index (κ2) is 7.02. The highest BCUT2D eigenvalue weighted by Gasteiger charge is 2.29. The van der Waals surface area contributed by atoms with E-state index >= 15 is 0 Å². The second-order valence-corrected chi connectivity index (χ2v) is 9.46. The largest absolute Gasteiger partial charge is 0.361 e. The van der Waals surface area contributed by atoms with Gasteiger partial charge in [0.25, 0.3) is 0 Å². The zero-order valence-corrected chi connectivity index (χ0v) is 17.1. The van der Waals surface area contributed by atoms with Crippen LogP contribution in [0.15, 0.2) is 65.8 Å². The Labute approximate surface area is 170 Å². The summed E-state index contributed by atoms with van der Waals surface area (Å²) in [5.41, 5.74) is 3.15. The molecule has 0 saturated carbocycles. The number of nitrogens with one attached hydrogen (secondary N) is 2. The predicted molar refractivity (Wildman–Crippen MR) is 115 cm³/mol. The Balaban J connectivity index is 1.45. The van der Waals surface area contributed by atoms with Crippen molar-refractivity contribution in [3.05, 3.63) is 66.5 Å². The van der Waals surface area contributed by atoms with Gasteiger partial charge in [-0.3, -0.25) is 4.90 Å². The van der Waals surface area contributed by atoms with Crippen molar-refractivity contribution >= 4 is 31.8 Å². The summed E-state index contributed by atoms with van der Waals surface area (Å²) in [7, 11) is -1.56. The Morgan fingerprint density at radius 3 is 2.76 bits per heavy atom. The molecule has 1 atom stereocenters. The molecule has 0 unspecified atom stereocenters. The summed E-state index contributed by atoms with van der Waals surface area (Å²) in [6, 6.07) is 15.4. The Morgan fingerprint density at radius 2 is 1.97 bits per heavy atom. The first kappa shape index (κ1) is 18.4. The van der Waals surface area contributed by atoms with E-state index in [0.29, 0.717) is 6.54 Å². The highest BCUT2D eigenvalue weighted by atomic mass is 32.2. The molecule has 2 aromatic heterocycles. The smallest absolute Gasteiger partial charge is 0.240 e. The maximum atomic E-state index is 13.0. The summed E-state index contributed by atoms with van der Waals surface area (Å²) in [5, 5.41) is 2.18. The van der Waals surface area contributed by atoms with Crippen molar-refractivity contribution in [2.24, 2.45) is 7.05 Å². The van der Waals surface area contributed by atoms with Gasteiger partial charge in [-0.15, -0.1) is 0 Å². The van der Waals surface area contributed by atoms with Gasteiger partial charge in [-0.05, 0) is 41.6 Å². The maximum Gasteiger partial charge on any atom is 0.240 e. The van der Waals surface area contributed by atoms with E-state index in [4.69, 9.17) is 0 Å². The van der Waals surface area contributed by atoms with E-state index in [2.05, 4.69) is 37.5 Å². The fourth-order valence-electron chi connectivity index (χ4n) is 4.19. The number of hydrogen-bond acceptors (Lipinski definition) is 3. The van der Waals surface area contributed by atoms with E-state index in [1.807, 2.05) is 37.5 Å². The molecule has 0 amide bonds. The molecule has 5 rings (SSSR count). The average molecular weight is 409 g/mol. The van der Waals surface area contributed by atoms with Crippen molar-refractivity contribution in [2.75, 3.05) is 19.6 Å². The standard InChI is InChI=1S/C22H24N4O2S/c1-25-15-19(18-5-2-3-6-21(18)25)22(26-11-4-12-26)14-24-29(27,28)17-8-7-16-9-10-23-20(16)13-17/h2-3,5-10,13,15,22-24H,4,11-12,14H2,1H3/t22-/m0/s1. The lowest BCUT2D eigenvalue weighted by atomic mass is 10.0. The van der Waals surface area contributed by atoms with E-state index < -0.39 is 10.0 Å². The molecule has 7 heteroatoms. The monoisotopic (exact) mass is 408 g/mol. The topological polar surface area (TPSA) is 70.1 Å². The van der Waals surface area contributed by atoms with Crippen molar-refractivity contribution in [1.29, 1.82) is 0 Å². The van der Waals surface area contributed by atoms with Gasteiger partial charge < -0.3 is 9.55 Å². The number of rotatable bonds is 6. The second-order valence-electron chi connectivity index (χ2n) is 7.70. The van der Waals surface area contributed by atoms with Gasteiger partial charge in [0.05, 0.1) is 10.9 Å². The normalized spacial score (nSPS) is 16.3. The van der Waals surface area contributed by atoms with E-state index in [9.17, 15) is 8.42 Å². The Kier molecular flexibility index (Phi) is 4.46. The van der Waals surface area contributed by atoms with Crippen molar-refractivity contribution in [3.8, 4) is 0 Å². The molecule has 0 bridgehead atoms. The lowest BCUT2D eigenvalue weighted by Crippen LogP contribution is -2.45. The molecule has 4 aromatic rings. The highest BCUT2D eigenvalue weighted by molar-refractivity contribution is 7.89. The number of likely N-dealkylation sites (tertiary alicyclic amines) is 1. The Bertz CT molecular complexity index is 1280. The third-order valence-corrected chi connectivity index (χ3v) is 7.34. The van der Waals surface area contributed by atoms with Crippen LogP contribution in [0.5, 0.6) is 0 Å². The number of H-pyrrole nitrogens is 1. The molecule has 29 heavy (non-hydrogen) atoms. The molecule has 0 radical (unpaired) electrons. The summed E-state index contributed by atoms with van der Waals surface area (Å²) < 4.78 is 30.9. The minimum Gasteiger partial charge on any atom is -0.361 e. The lowest BCUT2D eigenvalue weighted by Gasteiger charge is -2.38. The summed E-state index contributed by atoms with van der Waals surface area (Å²) in [6.45, 7) is 2.33. The van der Waals surface area contributed by atoms with Crippen LogP contribution < -0.4 is 4.72 Å². The quantitative estimate of drug-likeness (QED) is 0.514.